The van der Waals surface area contributed by atoms with E-state index in [4.69, 9.17) is 0 Å². The molecule has 2 rings (SSSR count). The predicted molar refractivity (Wildman–Crippen MR) is 82.2 cm³/mol. The summed E-state index contributed by atoms with van der Waals surface area (Å²) in [6, 6.07) is 12.9. The van der Waals surface area contributed by atoms with Crippen LogP contribution < -0.4 is 5.32 Å². The first-order valence-corrected chi connectivity index (χ1v) is 6.38. The highest BCUT2D eigenvalue weighted by molar-refractivity contribution is 6.04. The van der Waals surface area contributed by atoms with Gasteiger partial charge in [-0.05, 0) is 36.8 Å². The third kappa shape index (κ3) is 3.76. The van der Waals surface area contributed by atoms with Gasteiger partial charge in [-0.1, -0.05) is 24.3 Å². The highest BCUT2D eigenvalue weighted by Crippen LogP contribution is 2.15. The van der Waals surface area contributed by atoms with Crippen LogP contribution in [0.15, 0.2) is 54.6 Å². The molecular weight excluding hydrogens is 268 g/mol. The lowest BCUT2D eigenvalue weighted by Gasteiger charge is -2.05. The molecule has 0 fully saturated rings. The number of hydrogen-bond donors (Lipinski definition) is 1. The summed E-state index contributed by atoms with van der Waals surface area (Å²) in [4.78, 5) is 22.1. The van der Waals surface area contributed by atoms with Gasteiger partial charge in [0.05, 0.1) is 4.92 Å². The summed E-state index contributed by atoms with van der Waals surface area (Å²) < 4.78 is 0. The Kier molecular flexibility index (Phi) is 4.46. The first-order chi connectivity index (χ1) is 10.1. The Hall–Kier alpha value is -2.95. The molecule has 5 nitrogen and oxygen atoms in total. The van der Waals surface area contributed by atoms with Crippen molar-refractivity contribution in [2.24, 2.45) is 0 Å². The summed E-state index contributed by atoms with van der Waals surface area (Å²) in [7, 11) is 0. The number of nitro groups is 1. The number of nitrogens with zero attached hydrogens (tertiary/aromatic N) is 1. The number of carbonyl (C=O) groups excluding carboxylic acids is 1. The molecule has 0 saturated carbocycles. The molecule has 0 saturated heterocycles. The van der Waals surface area contributed by atoms with Gasteiger partial charge in [0, 0.05) is 23.4 Å². The van der Waals surface area contributed by atoms with Crippen molar-refractivity contribution in [2.75, 3.05) is 5.32 Å². The van der Waals surface area contributed by atoms with Crippen LogP contribution in [0.2, 0.25) is 0 Å². The van der Waals surface area contributed by atoms with Crippen LogP contribution in [-0.2, 0) is 0 Å². The number of amides is 1. The van der Waals surface area contributed by atoms with Crippen molar-refractivity contribution in [2.45, 2.75) is 6.92 Å². The first-order valence-electron chi connectivity index (χ1n) is 6.38. The van der Waals surface area contributed by atoms with Crippen LogP contribution in [-0.4, -0.2) is 10.8 Å². The fraction of sp³-hybridized carbons (Fsp3) is 0.0625. The Morgan fingerprint density at radius 1 is 1.10 bits per heavy atom. The number of non-ortho nitro benzene ring substituents is 1. The number of allylic oxidation sites excluding steroid dienone is 1. The second kappa shape index (κ2) is 6.47. The molecule has 0 aliphatic heterocycles. The number of anilines is 1. The number of nitrogens with one attached hydrogen (secondary N) is 1. The molecule has 0 unspecified atom stereocenters. The van der Waals surface area contributed by atoms with Crippen molar-refractivity contribution >= 4 is 23.4 Å². The van der Waals surface area contributed by atoms with Crippen molar-refractivity contribution < 1.29 is 9.72 Å². The molecule has 5 heteroatoms. The zero-order chi connectivity index (χ0) is 15.2. The van der Waals surface area contributed by atoms with Gasteiger partial charge in [-0.2, -0.15) is 0 Å². The lowest BCUT2D eigenvalue weighted by molar-refractivity contribution is -0.384. The standard InChI is InChI=1S/C16H14N2O3/c1-2-3-12-4-8-14(9-5-12)17-16(19)13-6-10-15(11-7-13)18(20)21/h2-11H,1H3,(H,17,19)/b3-2+. The molecule has 1 amide bonds. The van der Waals surface area contributed by atoms with Crippen LogP contribution in [0.5, 0.6) is 0 Å². The van der Waals surface area contributed by atoms with Crippen molar-refractivity contribution in [1.29, 1.82) is 0 Å². The Labute approximate surface area is 122 Å². The van der Waals surface area contributed by atoms with Gasteiger partial charge in [0.1, 0.15) is 0 Å². The normalized spacial score (nSPS) is 10.5. The van der Waals surface area contributed by atoms with Gasteiger partial charge in [-0.3, -0.25) is 14.9 Å². The molecule has 2 aromatic rings. The second-order valence-electron chi connectivity index (χ2n) is 4.38. The van der Waals surface area contributed by atoms with E-state index in [1.807, 2.05) is 31.2 Å². The van der Waals surface area contributed by atoms with Gasteiger partial charge < -0.3 is 5.32 Å². The smallest absolute Gasteiger partial charge is 0.269 e. The zero-order valence-corrected chi connectivity index (χ0v) is 11.4. The number of rotatable bonds is 4. The molecule has 0 spiro atoms. The minimum Gasteiger partial charge on any atom is -0.322 e. The van der Waals surface area contributed by atoms with Gasteiger partial charge in [0.25, 0.3) is 11.6 Å². The van der Waals surface area contributed by atoms with Gasteiger partial charge in [0.2, 0.25) is 0 Å². The monoisotopic (exact) mass is 282 g/mol. The largest absolute Gasteiger partial charge is 0.322 e. The summed E-state index contributed by atoms with van der Waals surface area (Å²) in [5, 5.41) is 13.3. The maximum atomic E-state index is 12.0. The number of benzene rings is 2. The van der Waals surface area contributed by atoms with Gasteiger partial charge >= 0.3 is 0 Å². The molecule has 1 N–H and O–H groups in total. The maximum Gasteiger partial charge on any atom is 0.269 e. The van der Waals surface area contributed by atoms with Crippen LogP contribution in [0.25, 0.3) is 6.08 Å². The minimum absolute atomic E-state index is 0.0396. The predicted octanol–water partition coefficient (Wildman–Crippen LogP) is 3.88. The van der Waals surface area contributed by atoms with Crippen LogP contribution in [0.4, 0.5) is 11.4 Å². The fourth-order valence-electron chi connectivity index (χ4n) is 1.81. The Bertz CT molecular complexity index is 674. The van der Waals surface area contributed by atoms with Gasteiger partial charge in [-0.25, -0.2) is 0 Å². The Morgan fingerprint density at radius 2 is 1.71 bits per heavy atom. The Balaban J connectivity index is 2.08. The van der Waals surface area contributed by atoms with Crippen molar-refractivity contribution in [1.82, 2.24) is 0 Å². The SMILES string of the molecule is C/C=C/c1ccc(NC(=O)c2ccc([N+](=O)[O-])cc2)cc1. The van der Waals surface area contributed by atoms with Crippen molar-refractivity contribution in [3.63, 3.8) is 0 Å². The molecule has 0 radical (unpaired) electrons. The van der Waals surface area contributed by atoms with E-state index in [0.717, 1.165) is 5.56 Å². The fourth-order valence-corrected chi connectivity index (χ4v) is 1.81. The van der Waals surface area contributed by atoms with E-state index in [1.54, 1.807) is 12.1 Å². The lowest BCUT2D eigenvalue weighted by atomic mass is 10.1. The van der Waals surface area contributed by atoms with E-state index >= 15 is 0 Å². The quantitative estimate of drug-likeness (QED) is 0.683. The summed E-state index contributed by atoms with van der Waals surface area (Å²) in [5.74, 6) is -0.302. The molecule has 21 heavy (non-hydrogen) atoms. The molecule has 106 valence electrons. The first kappa shape index (κ1) is 14.5. The summed E-state index contributed by atoms with van der Waals surface area (Å²) >= 11 is 0. The van der Waals surface area contributed by atoms with Crippen LogP contribution in [0.3, 0.4) is 0 Å². The van der Waals surface area contributed by atoms with Crippen LogP contribution >= 0.6 is 0 Å². The topological polar surface area (TPSA) is 72.2 Å². The van der Waals surface area contributed by atoms with E-state index in [9.17, 15) is 14.9 Å². The second-order valence-corrected chi connectivity index (χ2v) is 4.38. The minimum atomic E-state index is -0.498. The highest BCUT2D eigenvalue weighted by atomic mass is 16.6. The van der Waals surface area contributed by atoms with E-state index in [0.29, 0.717) is 11.3 Å². The van der Waals surface area contributed by atoms with Gasteiger partial charge in [0.15, 0.2) is 0 Å². The number of hydrogen-bond acceptors (Lipinski definition) is 3. The average molecular weight is 282 g/mol. The molecular formula is C16H14N2O3. The third-order valence-electron chi connectivity index (χ3n) is 2.87. The summed E-state index contributed by atoms with van der Waals surface area (Å²) in [6.45, 7) is 1.93. The molecule has 0 aromatic heterocycles. The van der Waals surface area contributed by atoms with E-state index in [2.05, 4.69) is 5.32 Å². The highest BCUT2D eigenvalue weighted by Gasteiger charge is 2.09. The summed E-state index contributed by atoms with van der Waals surface area (Å²) in [5.41, 5.74) is 2.05. The zero-order valence-electron chi connectivity index (χ0n) is 11.4. The maximum absolute atomic E-state index is 12.0. The van der Waals surface area contributed by atoms with Crippen molar-refractivity contribution in [3.8, 4) is 0 Å². The Morgan fingerprint density at radius 3 is 2.24 bits per heavy atom. The number of nitro benzene ring substituents is 1. The van der Waals surface area contributed by atoms with E-state index in [-0.39, 0.29) is 11.6 Å². The van der Waals surface area contributed by atoms with Gasteiger partial charge in [-0.15, -0.1) is 0 Å². The van der Waals surface area contributed by atoms with Crippen LogP contribution in [0.1, 0.15) is 22.8 Å². The number of carbonyl (C=O) groups is 1. The molecule has 0 atom stereocenters. The van der Waals surface area contributed by atoms with Crippen molar-refractivity contribution in [3.05, 3.63) is 75.8 Å². The summed E-state index contributed by atoms with van der Waals surface area (Å²) in [6.07, 6.45) is 3.90. The average Bonchev–Trinajstić information content (AvgIpc) is 2.49. The lowest BCUT2D eigenvalue weighted by Crippen LogP contribution is -2.11. The molecule has 0 aliphatic rings. The molecule has 0 heterocycles. The van der Waals surface area contributed by atoms with E-state index in [1.165, 1.54) is 24.3 Å². The molecule has 2 aromatic carbocycles. The van der Waals surface area contributed by atoms with Crippen LogP contribution in [0, 0.1) is 10.1 Å². The van der Waals surface area contributed by atoms with E-state index < -0.39 is 4.92 Å². The molecule has 0 bridgehead atoms. The third-order valence-corrected chi connectivity index (χ3v) is 2.87. The molecule has 0 aliphatic carbocycles.